The number of hydrogen-bond donors (Lipinski definition) is 0. The minimum atomic E-state index is 0.223. The van der Waals surface area contributed by atoms with Crippen LogP contribution in [0.1, 0.15) is 12.8 Å². The maximum atomic E-state index is 11.1. The lowest BCUT2D eigenvalue weighted by atomic mass is 9.98. The number of carbonyl (C=O) groups is 1. The van der Waals surface area contributed by atoms with Gasteiger partial charge in [-0.2, -0.15) is 0 Å². The molecule has 68 valence electrons. The molecule has 1 unspecified atom stereocenters. The van der Waals surface area contributed by atoms with Gasteiger partial charge in [-0.05, 0) is 30.7 Å². The minimum absolute atomic E-state index is 0.223. The van der Waals surface area contributed by atoms with E-state index in [1.807, 2.05) is 24.3 Å². The Bertz CT molecular complexity index is 320. The van der Waals surface area contributed by atoms with Gasteiger partial charge in [0.1, 0.15) is 5.78 Å². The van der Waals surface area contributed by atoms with Crippen LogP contribution in [0.4, 0.5) is 0 Å². The molecule has 0 radical (unpaired) electrons. The highest BCUT2D eigenvalue weighted by atomic mass is 79.9. The third-order valence-corrected chi connectivity index (χ3v) is 3.96. The molecular weight excluding hydrogens is 248 g/mol. The fourth-order valence-electron chi connectivity index (χ4n) is 1.18. The van der Waals surface area contributed by atoms with Gasteiger partial charge in [0.05, 0.1) is 5.25 Å². The van der Waals surface area contributed by atoms with Crippen LogP contribution in [-0.4, -0.2) is 11.0 Å². The van der Waals surface area contributed by atoms with E-state index in [0.717, 1.165) is 17.3 Å². The third-order valence-electron chi connectivity index (χ3n) is 2.10. The highest BCUT2D eigenvalue weighted by Gasteiger charge is 2.28. The van der Waals surface area contributed by atoms with E-state index in [1.54, 1.807) is 11.8 Å². The molecule has 1 aromatic rings. The van der Waals surface area contributed by atoms with Crippen molar-refractivity contribution in [3.05, 3.63) is 28.7 Å². The van der Waals surface area contributed by atoms with Gasteiger partial charge in [0.2, 0.25) is 0 Å². The van der Waals surface area contributed by atoms with E-state index in [0.29, 0.717) is 5.78 Å². The molecule has 0 N–H and O–H groups in total. The first-order chi connectivity index (χ1) is 6.25. The van der Waals surface area contributed by atoms with E-state index in [4.69, 9.17) is 0 Å². The average Bonchev–Trinajstić information content (AvgIpc) is 2.15. The van der Waals surface area contributed by atoms with Gasteiger partial charge in [-0.25, -0.2) is 0 Å². The van der Waals surface area contributed by atoms with Crippen molar-refractivity contribution in [2.24, 2.45) is 0 Å². The third kappa shape index (κ3) is 2.15. The topological polar surface area (TPSA) is 17.1 Å². The van der Waals surface area contributed by atoms with Crippen LogP contribution in [0, 0.1) is 0 Å². The van der Waals surface area contributed by atoms with Gasteiger partial charge in [-0.3, -0.25) is 4.79 Å². The predicted octanol–water partition coefficient (Wildman–Crippen LogP) is 3.27. The molecule has 0 saturated heterocycles. The molecule has 0 spiro atoms. The van der Waals surface area contributed by atoms with Crippen molar-refractivity contribution in [3.8, 4) is 0 Å². The van der Waals surface area contributed by atoms with Crippen LogP contribution < -0.4 is 0 Å². The zero-order valence-corrected chi connectivity index (χ0v) is 9.40. The Morgan fingerprint density at radius 3 is 2.46 bits per heavy atom. The maximum Gasteiger partial charge on any atom is 0.146 e. The molecule has 1 saturated carbocycles. The second-order valence-corrected chi connectivity index (χ2v) is 5.26. The number of rotatable bonds is 2. The first-order valence-electron chi connectivity index (χ1n) is 4.20. The standard InChI is InChI=1S/C10H9BrOS/c11-7-1-3-8(4-2-7)13-10-6-5-9(10)12/h1-4,10H,5-6H2. The summed E-state index contributed by atoms with van der Waals surface area (Å²) in [6.45, 7) is 0. The van der Waals surface area contributed by atoms with E-state index < -0.39 is 0 Å². The SMILES string of the molecule is O=C1CCC1Sc1ccc(Br)cc1. The fraction of sp³-hybridized carbons (Fsp3) is 0.300. The Hall–Kier alpha value is -0.280. The molecule has 2 rings (SSSR count). The molecule has 3 heteroatoms. The molecule has 1 nitrogen and oxygen atoms in total. The lowest BCUT2D eigenvalue weighted by Crippen LogP contribution is -2.27. The van der Waals surface area contributed by atoms with Crippen molar-refractivity contribution in [2.45, 2.75) is 23.0 Å². The number of hydrogen-bond acceptors (Lipinski definition) is 2. The smallest absolute Gasteiger partial charge is 0.146 e. The van der Waals surface area contributed by atoms with E-state index in [1.165, 1.54) is 4.90 Å². The van der Waals surface area contributed by atoms with E-state index >= 15 is 0 Å². The second kappa shape index (κ2) is 3.84. The number of carbonyl (C=O) groups excluding carboxylic acids is 1. The highest BCUT2D eigenvalue weighted by Crippen LogP contribution is 2.34. The molecule has 0 heterocycles. The van der Waals surface area contributed by atoms with Crippen LogP contribution in [0.25, 0.3) is 0 Å². The van der Waals surface area contributed by atoms with Gasteiger partial charge in [-0.1, -0.05) is 15.9 Å². The fourth-order valence-corrected chi connectivity index (χ4v) is 2.55. The molecule has 1 aliphatic rings. The van der Waals surface area contributed by atoms with Gasteiger partial charge < -0.3 is 0 Å². The van der Waals surface area contributed by atoms with Gasteiger partial charge in [0.15, 0.2) is 0 Å². The van der Waals surface area contributed by atoms with Crippen molar-refractivity contribution in [2.75, 3.05) is 0 Å². The minimum Gasteiger partial charge on any atom is -0.298 e. The summed E-state index contributed by atoms with van der Waals surface area (Å²) in [7, 11) is 0. The Labute approximate surface area is 90.0 Å². The van der Waals surface area contributed by atoms with Crippen molar-refractivity contribution in [1.29, 1.82) is 0 Å². The molecule has 1 aliphatic carbocycles. The van der Waals surface area contributed by atoms with Crippen LogP contribution in [0.3, 0.4) is 0 Å². The van der Waals surface area contributed by atoms with Gasteiger partial charge in [0.25, 0.3) is 0 Å². The molecule has 0 aliphatic heterocycles. The van der Waals surface area contributed by atoms with Crippen molar-refractivity contribution in [1.82, 2.24) is 0 Å². The quantitative estimate of drug-likeness (QED) is 0.808. The molecular formula is C10H9BrOS. The second-order valence-electron chi connectivity index (χ2n) is 3.07. The van der Waals surface area contributed by atoms with Gasteiger partial charge >= 0.3 is 0 Å². The van der Waals surface area contributed by atoms with Crippen LogP contribution in [0.5, 0.6) is 0 Å². The summed E-state index contributed by atoms with van der Waals surface area (Å²) < 4.78 is 1.08. The summed E-state index contributed by atoms with van der Waals surface area (Å²) in [4.78, 5) is 12.3. The Morgan fingerprint density at radius 2 is 2.00 bits per heavy atom. The normalized spacial score (nSPS) is 21.3. The largest absolute Gasteiger partial charge is 0.298 e. The first kappa shape index (κ1) is 9.28. The monoisotopic (exact) mass is 256 g/mol. The number of benzene rings is 1. The Kier molecular flexibility index (Phi) is 2.74. The molecule has 0 bridgehead atoms. The number of halogens is 1. The first-order valence-corrected chi connectivity index (χ1v) is 5.88. The van der Waals surface area contributed by atoms with E-state index in [9.17, 15) is 4.79 Å². The van der Waals surface area contributed by atoms with E-state index in [2.05, 4.69) is 15.9 Å². The lowest BCUT2D eigenvalue weighted by Gasteiger charge is -2.22. The summed E-state index contributed by atoms with van der Waals surface area (Å²) in [5, 5.41) is 0.223. The average molecular weight is 257 g/mol. The van der Waals surface area contributed by atoms with Crippen LogP contribution in [0.15, 0.2) is 33.6 Å². The summed E-state index contributed by atoms with van der Waals surface area (Å²) >= 11 is 5.06. The predicted molar refractivity (Wildman–Crippen MR) is 58.0 cm³/mol. The molecule has 1 fully saturated rings. The molecule has 0 amide bonds. The zero-order valence-electron chi connectivity index (χ0n) is 7.00. The van der Waals surface area contributed by atoms with Gasteiger partial charge in [0, 0.05) is 15.8 Å². The Balaban J connectivity index is 2.01. The maximum absolute atomic E-state index is 11.1. The molecule has 1 atom stereocenters. The lowest BCUT2D eigenvalue weighted by molar-refractivity contribution is -0.122. The molecule has 0 aromatic heterocycles. The van der Waals surface area contributed by atoms with E-state index in [-0.39, 0.29) is 5.25 Å². The Morgan fingerprint density at radius 1 is 1.31 bits per heavy atom. The molecule has 13 heavy (non-hydrogen) atoms. The van der Waals surface area contributed by atoms with Crippen LogP contribution in [-0.2, 0) is 4.79 Å². The summed E-state index contributed by atoms with van der Waals surface area (Å²) in [5.74, 6) is 0.396. The number of Topliss-reactive ketones (excluding diaryl/α,β-unsaturated/α-hetero) is 1. The van der Waals surface area contributed by atoms with Crippen molar-refractivity contribution < 1.29 is 4.79 Å². The summed E-state index contributed by atoms with van der Waals surface area (Å²) in [5.41, 5.74) is 0. The summed E-state index contributed by atoms with van der Waals surface area (Å²) in [6.07, 6.45) is 1.81. The van der Waals surface area contributed by atoms with Crippen molar-refractivity contribution >= 4 is 33.5 Å². The number of ketones is 1. The molecule has 1 aromatic carbocycles. The van der Waals surface area contributed by atoms with Crippen molar-refractivity contribution in [3.63, 3.8) is 0 Å². The highest BCUT2D eigenvalue weighted by molar-refractivity contribution is 9.10. The zero-order chi connectivity index (χ0) is 9.26. The van der Waals surface area contributed by atoms with Gasteiger partial charge in [-0.15, -0.1) is 11.8 Å². The van der Waals surface area contributed by atoms with Crippen LogP contribution >= 0.6 is 27.7 Å². The summed E-state index contributed by atoms with van der Waals surface area (Å²) in [6, 6.07) is 8.09. The number of thioether (sulfide) groups is 1. The van der Waals surface area contributed by atoms with Crippen LogP contribution in [0.2, 0.25) is 0 Å².